The topological polar surface area (TPSA) is 202 Å². The molecule has 244 valence electrons. The van der Waals surface area contributed by atoms with Crippen LogP contribution in [0.15, 0.2) is 59.7 Å². The number of rotatable bonds is 9. The minimum Gasteiger partial charge on any atom is -0.489 e. The number of hydrogen-bond acceptors (Lipinski definition) is 12. The van der Waals surface area contributed by atoms with Crippen LogP contribution in [-0.4, -0.2) is 106 Å². The first kappa shape index (κ1) is 33.1. The Hall–Kier alpha value is -3.24. The molecule has 0 radical (unpaired) electrons. The summed E-state index contributed by atoms with van der Waals surface area (Å²) in [4.78, 5) is 12.9. The summed E-state index contributed by atoms with van der Waals surface area (Å²) in [5.41, 5.74) is 7.77. The van der Waals surface area contributed by atoms with E-state index in [4.69, 9.17) is 41.0 Å². The van der Waals surface area contributed by atoms with Crippen molar-refractivity contribution >= 4 is 29.3 Å². The van der Waals surface area contributed by atoms with Gasteiger partial charge < -0.3 is 60.3 Å². The third kappa shape index (κ3) is 7.27. The van der Waals surface area contributed by atoms with Gasteiger partial charge in [-0.3, -0.25) is 4.79 Å². The number of benzene rings is 2. The van der Waals surface area contributed by atoms with Crippen molar-refractivity contribution in [3.05, 3.63) is 70.3 Å². The zero-order valence-electron chi connectivity index (χ0n) is 24.5. The first-order chi connectivity index (χ1) is 21.4. The van der Waals surface area contributed by atoms with Crippen LogP contribution >= 0.6 is 11.6 Å². The molecular weight excluding hydrogens is 612 g/mol. The smallest absolute Gasteiger partial charge is 0.247 e. The first-order valence-electron chi connectivity index (χ1n) is 14.3. The summed E-state index contributed by atoms with van der Waals surface area (Å²) >= 11 is 5.97. The normalized spacial score (nSPS) is 33.5. The lowest BCUT2D eigenvalue weighted by Crippen LogP contribution is -2.67. The van der Waals surface area contributed by atoms with Gasteiger partial charge in [-0.15, -0.1) is 0 Å². The van der Waals surface area contributed by atoms with Crippen molar-refractivity contribution in [2.45, 2.75) is 75.0 Å². The molecule has 2 aliphatic heterocycles. The predicted octanol–water partition coefficient (Wildman–Crippen LogP) is 0.499. The van der Waals surface area contributed by atoms with Crippen molar-refractivity contribution in [1.29, 1.82) is 0 Å². The Morgan fingerprint density at radius 3 is 2.44 bits per heavy atom. The number of carbonyl (C=O) groups excluding carboxylic acids is 1. The van der Waals surface area contributed by atoms with Gasteiger partial charge in [-0.2, -0.15) is 0 Å². The third-order valence-corrected chi connectivity index (χ3v) is 8.27. The molecule has 0 spiro atoms. The monoisotopic (exact) mass is 648 g/mol. The maximum atomic E-state index is 12.9. The molecule has 2 saturated heterocycles. The van der Waals surface area contributed by atoms with E-state index in [2.05, 4.69) is 5.32 Å². The van der Waals surface area contributed by atoms with Crippen LogP contribution in [0.1, 0.15) is 19.4 Å². The molecule has 10 atom stereocenters. The lowest BCUT2D eigenvalue weighted by Gasteiger charge is -2.41. The van der Waals surface area contributed by atoms with Crippen molar-refractivity contribution in [1.82, 2.24) is 5.32 Å². The van der Waals surface area contributed by atoms with Gasteiger partial charge in [-0.1, -0.05) is 23.7 Å². The van der Waals surface area contributed by atoms with Crippen LogP contribution in [0.4, 0.5) is 5.69 Å². The van der Waals surface area contributed by atoms with Crippen molar-refractivity contribution in [2.24, 2.45) is 0 Å². The Bertz CT molecular complexity index is 1440. The van der Waals surface area contributed by atoms with Crippen LogP contribution < -0.4 is 20.5 Å². The van der Waals surface area contributed by atoms with Crippen LogP contribution in [-0.2, 0) is 19.0 Å². The number of anilines is 1. The fourth-order valence-electron chi connectivity index (χ4n) is 5.49. The van der Waals surface area contributed by atoms with E-state index in [1.165, 1.54) is 19.1 Å². The first-order valence-corrected chi connectivity index (χ1v) is 14.7. The van der Waals surface area contributed by atoms with Crippen LogP contribution in [0.25, 0.3) is 6.08 Å². The Morgan fingerprint density at radius 2 is 1.73 bits per heavy atom. The molecule has 8 N–H and O–H groups in total. The number of halogens is 1. The van der Waals surface area contributed by atoms with Gasteiger partial charge in [0.1, 0.15) is 73.7 Å². The van der Waals surface area contributed by atoms with E-state index in [9.17, 15) is 30.3 Å². The number of nitrogen functional groups attached to an aromatic ring is 1. The second-order valence-corrected chi connectivity index (χ2v) is 11.7. The number of aliphatic hydroxyl groups excluding tert-OH is 5. The van der Waals surface area contributed by atoms with Gasteiger partial charge in [0.15, 0.2) is 0 Å². The molecule has 45 heavy (non-hydrogen) atoms. The Kier molecular flexibility index (Phi) is 10.3. The maximum Gasteiger partial charge on any atom is 0.247 e. The molecule has 1 aliphatic carbocycles. The van der Waals surface area contributed by atoms with E-state index in [1.54, 1.807) is 49.4 Å². The van der Waals surface area contributed by atoms with E-state index in [0.29, 0.717) is 21.9 Å². The second-order valence-electron chi connectivity index (χ2n) is 11.2. The molecule has 2 aromatic rings. The molecule has 13 nitrogen and oxygen atoms in total. The minimum absolute atomic E-state index is 0.137. The molecule has 3 fully saturated rings. The van der Waals surface area contributed by atoms with Gasteiger partial charge in [-0.05, 0) is 67.5 Å². The largest absolute Gasteiger partial charge is 0.489 e. The van der Waals surface area contributed by atoms with Crippen molar-refractivity contribution < 1.29 is 54.0 Å². The molecule has 2 heterocycles. The summed E-state index contributed by atoms with van der Waals surface area (Å²) in [6, 6.07) is 10.5. The standard InChI is InChI=1S/C31H37ClN2O11/c1-14(8-9-41-18-5-3-4-17(32)12-18)27-25(38)26(39)31(45-27)44-20-7-6-16(11-19(20)33)10-15(2)30(40)34-21-22(35)24(37)29-28(23(21)36)42-13-43-29/h3-8,10-12,21-29,31,35-39H,9,13,33H2,1-2H3,(H,34,40)/b14-8+,15-10+/t21-,22+,23-,24-,25-,26-,27-,28+,29-,31-/m1/s1. The van der Waals surface area contributed by atoms with Gasteiger partial charge >= 0.3 is 0 Å². The van der Waals surface area contributed by atoms with Crippen LogP contribution in [0.5, 0.6) is 11.5 Å². The molecule has 14 heteroatoms. The van der Waals surface area contributed by atoms with E-state index >= 15 is 0 Å². The molecule has 5 rings (SSSR count). The number of fused-ring (bicyclic) bond motifs is 1. The molecule has 1 amide bonds. The zero-order chi connectivity index (χ0) is 32.4. The highest BCUT2D eigenvalue weighted by atomic mass is 35.5. The quantitative estimate of drug-likeness (QED) is 0.113. The number of nitrogens with one attached hydrogen (secondary N) is 1. The van der Waals surface area contributed by atoms with Crippen LogP contribution in [0, 0.1) is 0 Å². The minimum atomic E-state index is -1.47. The number of ether oxygens (including phenoxy) is 5. The molecule has 1 saturated carbocycles. The summed E-state index contributed by atoms with van der Waals surface area (Å²) < 4.78 is 27.8. The van der Waals surface area contributed by atoms with E-state index < -0.39 is 67.1 Å². The van der Waals surface area contributed by atoms with E-state index in [0.717, 1.165) is 0 Å². The number of carbonyl (C=O) groups is 1. The summed E-state index contributed by atoms with van der Waals surface area (Å²) in [6.45, 7) is 3.32. The fourth-order valence-corrected chi connectivity index (χ4v) is 5.67. The van der Waals surface area contributed by atoms with Gasteiger partial charge in [0.2, 0.25) is 12.2 Å². The highest BCUT2D eigenvalue weighted by Gasteiger charge is 2.53. The average Bonchev–Trinajstić information content (AvgIpc) is 3.61. The second kappa shape index (κ2) is 14.0. The summed E-state index contributed by atoms with van der Waals surface area (Å²) in [7, 11) is 0. The lowest BCUT2D eigenvalue weighted by atomic mass is 9.83. The summed E-state index contributed by atoms with van der Waals surface area (Å²) in [6.07, 6.45) is -7.33. The summed E-state index contributed by atoms with van der Waals surface area (Å²) in [5, 5.41) is 55.7. The van der Waals surface area contributed by atoms with E-state index in [1.807, 2.05) is 0 Å². The van der Waals surface area contributed by atoms with Crippen LogP contribution in [0.3, 0.4) is 0 Å². The number of aliphatic hydroxyl groups is 5. The maximum absolute atomic E-state index is 12.9. The Balaban J connectivity index is 1.18. The summed E-state index contributed by atoms with van der Waals surface area (Å²) in [5.74, 6) is 0.179. The number of nitrogens with two attached hydrogens (primary N) is 1. The number of amides is 1. The van der Waals surface area contributed by atoms with Gasteiger partial charge in [0, 0.05) is 10.6 Å². The number of hydrogen-bond donors (Lipinski definition) is 7. The lowest BCUT2D eigenvalue weighted by molar-refractivity contribution is -0.155. The SMILES string of the molecule is C/C(=C\c1ccc(O[C@@H]2O[C@H](/C(C)=C/COc3cccc(Cl)c3)[C@H](O)[C@H]2O)c(N)c1)C(=O)N[C@@H]1[C@H](O)[C@@H](O)[C@H]2OCO[C@H]2[C@@H]1O. The van der Waals surface area contributed by atoms with E-state index in [-0.39, 0.29) is 30.4 Å². The van der Waals surface area contributed by atoms with Crippen molar-refractivity contribution in [3.8, 4) is 11.5 Å². The molecule has 0 bridgehead atoms. The van der Waals surface area contributed by atoms with Gasteiger partial charge in [0.25, 0.3) is 0 Å². The third-order valence-electron chi connectivity index (χ3n) is 8.04. The highest BCUT2D eigenvalue weighted by molar-refractivity contribution is 6.30. The molecule has 0 aromatic heterocycles. The molecule has 3 aliphatic rings. The van der Waals surface area contributed by atoms with Gasteiger partial charge in [-0.25, -0.2) is 0 Å². The zero-order valence-corrected chi connectivity index (χ0v) is 25.3. The highest BCUT2D eigenvalue weighted by Crippen LogP contribution is 2.33. The van der Waals surface area contributed by atoms with Crippen molar-refractivity contribution in [2.75, 3.05) is 19.1 Å². The fraction of sp³-hybridized carbons (Fsp3) is 0.452. The molecular formula is C31H37ClN2O11. The molecule has 0 unspecified atom stereocenters. The van der Waals surface area contributed by atoms with Crippen molar-refractivity contribution in [3.63, 3.8) is 0 Å². The Labute approximate surface area is 264 Å². The van der Waals surface area contributed by atoms with Crippen LogP contribution in [0.2, 0.25) is 5.02 Å². The Morgan fingerprint density at radius 1 is 1.00 bits per heavy atom. The molecule has 2 aromatic carbocycles. The average molecular weight is 649 g/mol. The predicted molar refractivity (Wildman–Crippen MR) is 161 cm³/mol. The van der Waals surface area contributed by atoms with Gasteiger partial charge in [0.05, 0.1) is 11.7 Å².